The minimum absolute atomic E-state index is 0.00450. The Hall–Kier alpha value is -7.88. The molecule has 1 aliphatic carbocycles. The third-order valence-corrected chi connectivity index (χ3v) is 15.2. The lowest BCUT2D eigenvalue weighted by atomic mass is 9.84. The molecule has 436 valence electrons. The van der Waals surface area contributed by atoms with Crippen molar-refractivity contribution in [2.45, 2.75) is 144 Å². The summed E-state index contributed by atoms with van der Waals surface area (Å²) in [5.41, 5.74) is 34.9. The lowest BCUT2D eigenvalue weighted by molar-refractivity contribution is -0.348. The summed E-state index contributed by atoms with van der Waals surface area (Å²) in [5, 5.41) is 25.0. The third-order valence-electron chi connectivity index (χ3n) is 15.2. The maximum atomic E-state index is 14.4. The molecule has 3 heterocycles. The molecule has 6 aromatic rings. The van der Waals surface area contributed by atoms with Crippen molar-refractivity contribution in [2.24, 2.45) is 15.3 Å². The molecule has 4 aliphatic rings. The van der Waals surface area contributed by atoms with E-state index in [-0.39, 0.29) is 65.6 Å². The summed E-state index contributed by atoms with van der Waals surface area (Å²) in [4.78, 5) is 25.3. The third kappa shape index (κ3) is 15.3. The monoisotopic (exact) mass is 1140 g/mol. The summed E-state index contributed by atoms with van der Waals surface area (Å²) >= 11 is 0. The quantitative estimate of drug-likeness (QED) is 0.0286. The Balaban J connectivity index is 0.998. The topological polar surface area (TPSA) is 279 Å². The number of carbonyl (C=O) groups excluding carboxylic acids is 1. The number of fused-ring (bicyclic) bond motifs is 1. The van der Waals surface area contributed by atoms with E-state index in [4.69, 9.17) is 47.4 Å². The molecule has 6 aromatic carbocycles. The van der Waals surface area contributed by atoms with E-state index in [9.17, 15) is 26.5 Å². The predicted molar refractivity (Wildman–Crippen MR) is 304 cm³/mol. The van der Waals surface area contributed by atoms with Crippen LogP contribution in [0.15, 0.2) is 197 Å². The molecule has 10 rings (SSSR count). The van der Waals surface area contributed by atoms with E-state index in [1.165, 1.54) is 0 Å². The first kappa shape index (κ1) is 59.3. The van der Waals surface area contributed by atoms with Gasteiger partial charge in [0.25, 0.3) is 0 Å². The van der Waals surface area contributed by atoms with Crippen molar-refractivity contribution in [3.8, 4) is 0 Å². The molecule has 15 atom stereocenters. The highest BCUT2D eigenvalue weighted by Crippen LogP contribution is 2.41. The van der Waals surface area contributed by atoms with Crippen molar-refractivity contribution in [1.82, 2.24) is 4.90 Å². The van der Waals surface area contributed by atoms with Crippen molar-refractivity contribution < 1.29 is 57.3 Å². The summed E-state index contributed by atoms with van der Waals surface area (Å²) in [6.07, 6.45) is -14.9. The zero-order chi connectivity index (χ0) is 57.9. The Labute approximate surface area is 485 Å². The van der Waals surface area contributed by atoms with Gasteiger partial charge in [0.2, 0.25) is 0 Å². The maximum absolute atomic E-state index is 14.4. The van der Waals surface area contributed by atoms with Gasteiger partial charge in [-0.3, -0.25) is 4.90 Å². The van der Waals surface area contributed by atoms with E-state index in [2.05, 4.69) is 30.1 Å². The molecule has 1 N–H and O–H groups in total. The van der Waals surface area contributed by atoms with Gasteiger partial charge in [0.15, 0.2) is 18.7 Å². The van der Waals surface area contributed by atoms with Crippen LogP contribution in [0.5, 0.6) is 0 Å². The van der Waals surface area contributed by atoms with Crippen LogP contribution in [0.2, 0.25) is 0 Å². The van der Waals surface area contributed by atoms with E-state index in [0.29, 0.717) is 0 Å². The lowest BCUT2D eigenvalue weighted by Gasteiger charge is -2.50. The number of rotatable bonds is 27. The molecular formula is C62H66N10O12. The Bertz CT molecular complexity index is 3140. The van der Waals surface area contributed by atoms with Gasteiger partial charge in [-0.1, -0.05) is 197 Å². The molecule has 4 fully saturated rings. The van der Waals surface area contributed by atoms with Crippen LogP contribution in [0.1, 0.15) is 46.2 Å². The molecule has 1 amide bonds. The van der Waals surface area contributed by atoms with Gasteiger partial charge in [-0.15, -0.1) is 0 Å². The normalized spacial score (nSPS) is 28.2. The lowest BCUT2D eigenvalue weighted by Crippen LogP contribution is -2.66. The smallest absolute Gasteiger partial charge is 0.411 e. The molecule has 3 saturated heterocycles. The average molecular weight is 1140 g/mol. The maximum Gasteiger partial charge on any atom is 0.411 e. The molecule has 0 radical (unpaired) electrons. The number of nitrogens with zero attached hydrogens (tertiary/aromatic N) is 10. The molecule has 0 bridgehead atoms. The van der Waals surface area contributed by atoms with Gasteiger partial charge in [0.1, 0.15) is 42.7 Å². The summed E-state index contributed by atoms with van der Waals surface area (Å²) in [7, 11) is 0. The number of aliphatic hydroxyl groups is 1. The van der Waals surface area contributed by atoms with Gasteiger partial charge >= 0.3 is 6.09 Å². The molecule has 84 heavy (non-hydrogen) atoms. The van der Waals surface area contributed by atoms with Crippen molar-refractivity contribution in [1.29, 1.82) is 0 Å². The fraction of sp³-hybridized carbons (Fsp3) is 0.403. The number of azide groups is 3. The van der Waals surface area contributed by atoms with Gasteiger partial charge in [0, 0.05) is 27.8 Å². The summed E-state index contributed by atoms with van der Waals surface area (Å²) in [6.45, 7) is 0.804. The standard InChI is InChI=1S/C62H66N10O12/c63-69-66-32-31-49-56(77-37-44-25-13-4-14-26-44)58(78-38-45-27-15-5-16-28-45)59(79-39-46-29-17-6-18-30-46)61(80-49)83-54-48(68-71-65)33-47(67-70-64)53(52(54)73)82-60-57-51(72(62(74)84-57)34-41-19-7-1-8-20-41)55(76-36-43-23-11-3-12-24-43)50(81-60)40-75-35-42-21-9-2-10-22-42/h1-30,47-61,73H,31-40H2/t47-,48+,49-,50-,51+,52-,53+,54-,55-,56-,57-,58+,59-,60-,61-/m1/s1. The van der Waals surface area contributed by atoms with Crippen molar-refractivity contribution in [3.05, 3.63) is 247 Å². The molecule has 22 heteroatoms. The van der Waals surface area contributed by atoms with Crippen LogP contribution in [0, 0.1) is 0 Å². The van der Waals surface area contributed by atoms with Gasteiger partial charge in [-0.2, -0.15) is 0 Å². The van der Waals surface area contributed by atoms with Gasteiger partial charge < -0.3 is 52.5 Å². The summed E-state index contributed by atoms with van der Waals surface area (Å²) in [5.74, 6) is 0. The fourth-order valence-corrected chi connectivity index (χ4v) is 11.2. The number of benzene rings is 6. The number of ether oxygens (including phenoxy) is 10. The second-order valence-corrected chi connectivity index (χ2v) is 20.8. The van der Waals surface area contributed by atoms with Crippen molar-refractivity contribution >= 4 is 6.09 Å². The molecule has 1 saturated carbocycles. The highest BCUT2D eigenvalue weighted by Gasteiger charge is 2.60. The minimum Gasteiger partial charge on any atom is -0.438 e. The molecule has 0 spiro atoms. The highest BCUT2D eigenvalue weighted by molar-refractivity contribution is 5.71. The van der Waals surface area contributed by atoms with E-state index < -0.39 is 97.8 Å². The van der Waals surface area contributed by atoms with Crippen LogP contribution < -0.4 is 0 Å². The molecular weight excluding hydrogens is 1080 g/mol. The number of aliphatic hydroxyl groups excluding tert-OH is 1. The minimum atomic E-state index is -1.76. The summed E-state index contributed by atoms with van der Waals surface area (Å²) < 4.78 is 67.6. The SMILES string of the molecule is [N-]=[N+]=NCC[C@H]1O[C@H](O[C@H]2[C@H](O)[C@@H](O[C@H]3O[C@H](COCc4ccccc4)[C@@H](OCc4ccccc4)[C@H]4[C@H]3OC(=O)N4Cc3ccccc3)[C@H](N=[N+]=[N-])C[C@@H]2N=[N+]=[N-])[C@H](OCc2ccccc2)[C@@H](OCc2ccccc2)[C@@H]1OCc1ccccc1. The van der Waals surface area contributed by atoms with Crippen LogP contribution in [-0.2, 0) is 86.9 Å². The van der Waals surface area contributed by atoms with Crippen LogP contribution in [0.3, 0.4) is 0 Å². The van der Waals surface area contributed by atoms with E-state index in [1.54, 1.807) is 4.90 Å². The number of hydrogen-bond donors (Lipinski definition) is 1. The van der Waals surface area contributed by atoms with Crippen molar-refractivity contribution in [3.63, 3.8) is 0 Å². The molecule has 0 unspecified atom stereocenters. The zero-order valence-corrected chi connectivity index (χ0v) is 46.0. The number of hydrogen-bond acceptors (Lipinski definition) is 15. The zero-order valence-electron chi connectivity index (χ0n) is 46.0. The van der Waals surface area contributed by atoms with Gasteiger partial charge in [-0.25, -0.2) is 4.79 Å². The van der Waals surface area contributed by atoms with E-state index in [0.717, 1.165) is 33.4 Å². The van der Waals surface area contributed by atoms with Crippen LogP contribution in [0.4, 0.5) is 4.79 Å². The Morgan fingerprint density at radius 3 is 1.42 bits per heavy atom. The first-order valence-corrected chi connectivity index (χ1v) is 28.0. The fourth-order valence-electron chi connectivity index (χ4n) is 11.2. The predicted octanol–water partition coefficient (Wildman–Crippen LogP) is 11.0. The first-order chi connectivity index (χ1) is 41.4. The summed E-state index contributed by atoms with van der Waals surface area (Å²) in [6, 6.07) is 54.1. The second-order valence-electron chi connectivity index (χ2n) is 20.8. The van der Waals surface area contributed by atoms with E-state index >= 15 is 0 Å². The van der Waals surface area contributed by atoms with Crippen molar-refractivity contribution in [2.75, 3.05) is 13.2 Å². The van der Waals surface area contributed by atoms with Crippen LogP contribution in [-0.4, -0.2) is 121 Å². The Morgan fingerprint density at radius 2 is 0.929 bits per heavy atom. The Kier molecular flexibility index (Phi) is 21.2. The number of amides is 1. The largest absolute Gasteiger partial charge is 0.438 e. The van der Waals surface area contributed by atoms with Gasteiger partial charge in [0.05, 0.1) is 70.0 Å². The van der Waals surface area contributed by atoms with E-state index in [1.807, 2.05) is 182 Å². The molecule has 22 nitrogen and oxygen atoms in total. The highest BCUT2D eigenvalue weighted by atomic mass is 16.7. The van der Waals surface area contributed by atoms with Crippen LogP contribution >= 0.6 is 0 Å². The second kappa shape index (κ2) is 30.1. The van der Waals surface area contributed by atoms with Gasteiger partial charge in [-0.05, 0) is 62.8 Å². The average Bonchev–Trinajstić information content (AvgIpc) is 2.07. The Morgan fingerprint density at radius 1 is 0.500 bits per heavy atom. The number of carbonyl (C=O) groups is 1. The molecule has 0 aromatic heterocycles. The molecule has 3 aliphatic heterocycles. The first-order valence-electron chi connectivity index (χ1n) is 28.0. The van der Waals surface area contributed by atoms with Crippen LogP contribution in [0.25, 0.3) is 31.3 Å².